The lowest BCUT2D eigenvalue weighted by molar-refractivity contribution is -0.111. The number of benzene rings is 2. The zero-order valence-corrected chi connectivity index (χ0v) is 13.6. The quantitative estimate of drug-likeness (QED) is 0.675. The van der Waals surface area contributed by atoms with Gasteiger partial charge < -0.3 is 14.8 Å². The van der Waals surface area contributed by atoms with Crippen LogP contribution in [0.3, 0.4) is 0 Å². The van der Waals surface area contributed by atoms with Gasteiger partial charge in [0, 0.05) is 17.3 Å². The van der Waals surface area contributed by atoms with Crippen LogP contribution in [0.5, 0.6) is 11.5 Å². The first kappa shape index (κ1) is 16.1. The molecule has 0 spiro atoms. The second-order valence-electron chi connectivity index (χ2n) is 5.20. The van der Waals surface area contributed by atoms with Crippen molar-refractivity contribution in [2.24, 2.45) is 0 Å². The van der Waals surface area contributed by atoms with Gasteiger partial charge in [0.15, 0.2) is 17.3 Å². The Kier molecular flexibility index (Phi) is 4.53. The Morgan fingerprint density at radius 2 is 2.04 bits per heavy atom. The maximum absolute atomic E-state index is 12.0. The minimum atomic E-state index is -0.315. The van der Waals surface area contributed by atoms with Crippen LogP contribution in [-0.4, -0.2) is 18.5 Å². The van der Waals surface area contributed by atoms with Crippen LogP contribution in [0.1, 0.15) is 22.8 Å². The van der Waals surface area contributed by atoms with Crippen LogP contribution in [0.25, 0.3) is 6.08 Å². The van der Waals surface area contributed by atoms with Crippen molar-refractivity contribution in [2.45, 2.75) is 6.92 Å². The van der Waals surface area contributed by atoms with Crippen molar-refractivity contribution in [3.63, 3.8) is 0 Å². The van der Waals surface area contributed by atoms with Gasteiger partial charge in [0.25, 0.3) is 0 Å². The lowest BCUT2D eigenvalue weighted by Gasteiger charge is -2.04. The van der Waals surface area contributed by atoms with E-state index in [0.717, 1.165) is 5.56 Å². The summed E-state index contributed by atoms with van der Waals surface area (Å²) in [4.78, 5) is 23.4. The molecule has 0 bridgehead atoms. The Morgan fingerprint density at radius 3 is 2.83 bits per heavy atom. The summed E-state index contributed by atoms with van der Waals surface area (Å²) >= 11 is 6.10. The molecule has 2 aromatic rings. The molecule has 1 amide bonds. The second-order valence-corrected chi connectivity index (χ2v) is 5.60. The van der Waals surface area contributed by atoms with E-state index < -0.39 is 0 Å². The molecule has 0 saturated heterocycles. The van der Waals surface area contributed by atoms with Gasteiger partial charge in [-0.1, -0.05) is 23.7 Å². The van der Waals surface area contributed by atoms with Crippen molar-refractivity contribution in [2.75, 3.05) is 12.1 Å². The molecule has 1 aliphatic heterocycles. The molecule has 0 saturated carbocycles. The summed E-state index contributed by atoms with van der Waals surface area (Å²) in [5, 5.41) is 3.14. The maximum atomic E-state index is 12.0. The highest BCUT2D eigenvalue weighted by atomic mass is 35.5. The van der Waals surface area contributed by atoms with Gasteiger partial charge in [-0.3, -0.25) is 9.59 Å². The first-order valence-corrected chi connectivity index (χ1v) is 7.60. The van der Waals surface area contributed by atoms with Gasteiger partial charge in [-0.2, -0.15) is 0 Å². The maximum Gasteiger partial charge on any atom is 0.248 e. The SMILES string of the molecule is CC(=O)c1cccc(NC(=O)/C=C/c2cc(Cl)c3c(c2)OCO3)c1. The van der Waals surface area contributed by atoms with Gasteiger partial charge in [-0.25, -0.2) is 0 Å². The summed E-state index contributed by atoms with van der Waals surface area (Å²) in [7, 11) is 0. The van der Waals surface area contributed by atoms with E-state index in [0.29, 0.717) is 27.8 Å². The van der Waals surface area contributed by atoms with E-state index >= 15 is 0 Å². The molecule has 6 heteroatoms. The number of Topliss-reactive ketones (excluding diaryl/α,β-unsaturated/α-hetero) is 1. The third kappa shape index (κ3) is 3.58. The number of halogens is 1. The number of fused-ring (bicyclic) bond motifs is 1. The Hall–Kier alpha value is -2.79. The summed E-state index contributed by atoms with van der Waals surface area (Å²) in [6, 6.07) is 10.2. The van der Waals surface area contributed by atoms with E-state index in [4.69, 9.17) is 21.1 Å². The van der Waals surface area contributed by atoms with Gasteiger partial charge >= 0.3 is 0 Å². The average Bonchev–Trinajstić information content (AvgIpc) is 3.02. The molecule has 1 heterocycles. The van der Waals surface area contributed by atoms with Crippen LogP contribution in [-0.2, 0) is 4.79 Å². The highest BCUT2D eigenvalue weighted by Crippen LogP contribution is 2.40. The molecule has 0 fully saturated rings. The molecule has 24 heavy (non-hydrogen) atoms. The molecule has 1 aliphatic rings. The van der Waals surface area contributed by atoms with Crippen molar-refractivity contribution >= 4 is 35.1 Å². The van der Waals surface area contributed by atoms with Gasteiger partial charge in [0.2, 0.25) is 12.7 Å². The highest BCUT2D eigenvalue weighted by molar-refractivity contribution is 6.32. The Morgan fingerprint density at radius 1 is 1.21 bits per heavy atom. The number of hydrogen-bond donors (Lipinski definition) is 1. The highest BCUT2D eigenvalue weighted by Gasteiger charge is 2.17. The molecule has 1 N–H and O–H groups in total. The van der Waals surface area contributed by atoms with E-state index in [1.807, 2.05) is 0 Å². The summed E-state index contributed by atoms with van der Waals surface area (Å²) in [6.07, 6.45) is 3.01. The number of carbonyl (C=O) groups excluding carboxylic acids is 2. The van der Waals surface area contributed by atoms with Gasteiger partial charge in [-0.05, 0) is 42.8 Å². The molecule has 122 valence electrons. The van der Waals surface area contributed by atoms with Crippen LogP contribution < -0.4 is 14.8 Å². The first-order valence-electron chi connectivity index (χ1n) is 7.22. The third-order valence-corrected chi connectivity index (χ3v) is 3.69. The van der Waals surface area contributed by atoms with Gasteiger partial charge in [0.1, 0.15) is 0 Å². The Bertz CT molecular complexity index is 845. The fraction of sp³-hybridized carbons (Fsp3) is 0.111. The van der Waals surface area contributed by atoms with Crippen molar-refractivity contribution in [1.82, 2.24) is 0 Å². The topological polar surface area (TPSA) is 64.6 Å². The number of anilines is 1. The van der Waals surface area contributed by atoms with E-state index in [1.165, 1.54) is 13.0 Å². The van der Waals surface area contributed by atoms with Crippen LogP contribution in [0.15, 0.2) is 42.5 Å². The molecule has 0 atom stereocenters. The molecular formula is C18H14ClNO4. The molecule has 5 nitrogen and oxygen atoms in total. The van der Waals surface area contributed by atoms with E-state index in [2.05, 4.69) is 5.32 Å². The summed E-state index contributed by atoms with van der Waals surface area (Å²) in [6.45, 7) is 1.61. The standard InChI is InChI=1S/C18H14ClNO4/c1-11(21)13-3-2-4-14(9-13)20-17(22)6-5-12-7-15(19)18-16(8-12)23-10-24-18/h2-9H,10H2,1H3,(H,20,22)/b6-5+. The van der Waals surface area contributed by atoms with Crippen LogP contribution in [0, 0.1) is 0 Å². The first-order chi connectivity index (χ1) is 11.5. The predicted molar refractivity (Wildman–Crippen MR) is 91.7 cm³/mol. The predicted octanol–water partition coefficient (Wildman–Crippen LogP) is 3.92. The van der Waals surface area contributed by atoms with Crippen LogP contribution in [0.4, 0.5) is 5.69 Å². The van der Waals surface area contributed by atoms with Crippen LogP contribution in [0.2, 0.25) is 5.02 Å². The van der Waals surface area contributed by atoms with Gasteiger partial charge in [-0.15, -0.1) is 0 Å². The third-order valence-electron chi connectivity index (χ3n) is 3.41. The Labute approximate surface area is 143 Å². The summed E-state index contributed by atoms with van der Waals surface area (Å²) in [5.41, 5.74) is 1.82. The number of ether oxygens (including phenoxy) is 2. The summed E-state index contributed by atoms with van der Waals surface area (Å²) < 4.78 is 10.5. The molecule has 0 radical (unpaired) electrons. The molecular weight excluding hydrogens is 330 g/mol. The number of amides is 1. The molecule has 0 unspecified atom stereocenters. The molecule has 3 rings (SSSR count). The monoisotopic (exact) mass is 343 g/mol. The van der Waals surface area contributed by atoms with Crippen LogP contribution >= 0.6 is 11.6 Å². The van der Waals surface area contributed by atoms with Crippen molar-refractivity contribution in [3.8, 4) is 11.5 Å². The molecule has 2 aromatic carbocycles. The molecule has 0 aliphatic carbocycles. The number of rotatable bonds is 4. The van der Waals surface area contributed by atoms with E-state index in [-0.39, 0.29) is 18.5 Å². The number of carbonyl (C=O) groups is 2. The largest absolute Gasteiger partial charge is 0.454 e. The fourth-order valence-corrected chi connectivity index (χ4v) is 2.53. The van der Waals surface area contributed by atoms with Crippen molar-refractivity contribution in [3.05, 3.63) is 58.6 Å². The van der Waals surface area contributed by atoms with Gasteiger partial charge in [0.05, 0.1) is 5.02 Å². The summed E-state index contributed by atoms with van der Waals surface area (Å²) in [5.74, 6) is 0.692. The van der Waals surface area contributed by atoms with E-state index in [1.54, 1.807) is 42.5 Å². The minimum absolute atomic E-state index is 0.0587. The average molecular weight is 344 g/mol. The second kappa shape index (κ2) is 6.76. The number of nitrogens with one attached hydrogen (secondary N) is 1. The molecule has 0 aromatic heterocycles. The Balaban J connectivity index is 1.71. The fourth-order valence-electron chi connectivity index (χ4n) is 2.26. The zero-order valence-electron chi connectivity index (χ0n) is 12.8. The number of hydrogen-bond acceptors (Lipinski definition) is 4. The smallest absolute Gasteiger partial charge is 0.248 e. The van der Waals surface area contributed by atoms with Crippen molar-refractivity contribution in [1.29, 1.82) is 0 Å². The van der Waals surface area contributed by atoms with Crippen molar-refractivity contribution < 1.29 is 19.1 Å². The minimum Gasteiger partial charge on any atom is -0.454 e. The number of ketones is 1. The lowest BCUT2D eigenvalue weighted by atomic mass is 10.1. The normalized spacial score (nSPS) is 12.4. The van der Waals surface area contributed by atoms with E-state index in [9.17, 15) is 9.59 Å². The zero-order chi connectivity index (χ0) is 17.1. The lowest BCUT2D eigenvalue weighted by Crippen LogP contribution is -2.08.